The van der Waals surface area contributed by atoms with Crippen LogP contribution in [-0.4, -0.2) is 4.98 Å². The molecule has 0 aliphatic heterocycles. The quantitative estimate of drug-likeness (QED) is 0.762. The van der Waals surface area contributed by atoms with Gasteiger partial charge < -0.3 is 4.74 Å². The number of aromatic nitrogens is 1. The van der Waals surface area contributed by atoms with Crippen LogP contribution in [0.25, 0.3) is 0 Å². The number of nitrogens with zero attached hydrogens (tertiary/aromatic N) is 1. The van der Waals surface area contributed by atoms with Crippen molar-refractivity contribution >= 4 is 31.9 Å². The normalized spacial score (nSPS) is 10.0. The number of rotatable bonds is 2. The minimum atomic E-state index is 0.566. The van der Waals surface area contributed by atoms with E-state index in [0.717, 1.165) is 14.8 Å². The van der Waals surface area contributed by atoms with Gasteiger partial charge >= 0.3 is 0 Å². The predicted octanol–water partition coefficient (Wildman–Crippen LogP) is 4.40. The second-order valence-electron chi connectivity index (χ2n) is 2.83. The van der Waals surface area contributed by atoms with Crippen LogP contribution in [0, 0.1) is 0 Å². The lowest BCUT2D eigenvalue weighted by atomic mass is 10.3. The number of benzene rings is 1. The lowest BCUT2D eigenvalue weighted by Gasteiger charge is -2.06. The first kappa shape index (κ1) is 10.6. The number of hydrogen-bond acceptors (Lipinski definition) is 2. The molecule has 4 heteroatoms. The highest BCUT2D eigenvalue weighted by molar-refractivity contribution is 9.10. The van der Waals surface area contributed by atoms with E-state index in [1.165, 1.54) is 0 Å². The van der Waals surface area contributed by atoms with Crippen molar-refractivity contribution in [1.29, 1.82) is 0 Å². The molecule has 2 nitrogen and oxygen atoms in total. The Morgan fingerprint density at radius 2 is 1.73 bits per heavy atom. The molecule has 0 saturated carbocycles. The van der Waals surface area contributed by atoms with Crippen molar-refractivity contribution in [2.45, 2.75) is 0 Å². The molecule has 76 valence electrons. The highest BCUT2D eigenvalue weighted by Crippen LogP contribution is 2.28. The van der Waals surface area contributed by atoms with Crippen molar-refractivity contribution in [2.24, 2.45) is 0 Å². The molecule has 0 radical (unpaired) electrons. The van der Waals surface area contributed by atoms with E-state index in [9.17, 15) is 0 Å². The third-order valence-corrected chi connectivity index (χ3v) is 2.84. The van der Waals surface area contributed by atoms with E-state index in [0.29, 0.717) is 5.88 Å². The Kier molecular flexibility index (Phi) is 3.38. The standard InChI is InChI=1S/C11H7Br2NO/c12-8-4-1-2-5-9(8)15-11-7-3-6-10(13)14-11/h1-7H. The second-order valence-corrected chi connectivity index (χ2v) is 4.50. The highest BCUT2D eigenvalue weighted by atomic mass is 79.9. The van der Waals surface area contributed by atoms with Crippen molar-refractivity contribution in [3.8, 4) is 11.6 Å². The van der Waals surface area contributed by atoms with Crippen LogP contribution in [-0.2, 0) is 0 Å². The van der Waals surface area contributed by atoms with Crippen LogP contribution in [0.5, 0.6) is 11.6 Å². The van der Waals surface area contributed by atoms with Gasteiger partial charge in [-0.25, -0.2) is 4.98 Å². The van der Waals surface area contributed by atoms with Crippen molar-refractivity contribution in [3.05, 3.63) is 51.5 Å². The van der Waals surface area contributed by atoms with Gasteiger partial charge in [0.2, 0.25) is 5.88 Å². The molecule has 0 bridgehead atoms. The van der Waals surface area contributed by atoms with Crippen LogP contribution in [0.3, 0.4) is 0 Å². The van der Waals surface area contributed by atoms with E-state index in [4.69, 9.17) is 4.74 Å². The van der Waals surface area contributed by atoms with Crippen LogP contribution < -0.4 is 4.74 Å². The molecule has 0 atom stereocenters. The molecular weight excluding hydrogens is 322 g/mol. The van der Waals surface area contributed by atoms with E-state index >= 15 is 0 Å². The number of ether oxygens (including phenoxy) is 1. The van der Waals surface area contributed by atoms with Crippen molar-refractivity contribution < 1.29 is 4.74 Å². The van der Waals surface area contributed by atoms with Gasteiger partial charge in [-0.3, -0.25) is 0 Å². The zero-order chi connectivity index (χ0) is 10.7. The van der Waals surface area contributed by atoms with Crippen molar-refractivity contribution in [3.63, 3.8) is 0 Å². The van der Waals surface area contributed by atoms with Gasteiger partial charge in [0.1, 0.15) is 10.4 Å². The van der Waals surface area contributed by atoms with Gasteiger partial charge in [0.15, 0.2) is 0 Å². The average Bonchev–Trinajstić information content (AvgIpc) is 2.22. The molecule has 2 rings (SSSR count). The Labute approximate surface area is 105 Å². The summed E-state index contributed by atoms with van der Waals surface area (Å²) in [5.41, 5.74) is 0. The first-order valence-corrected chi connectivity index (χ1v) is 5.89. The molecule has 0 fully saturated rings. The summed E-state index contributed by atoms with van der Waals surface area (Å²) in [5.74, 6) is 1.32. The third-order valence-electron chi connectivity index (χ3n) is 1.74. The molecule has 0 saturated heterocycles. The Balaban J connectivity index is 2.26. The van der Waals surface area contributed by atoms with Gasteiger partial charge in [0.05, 0.1) is 4.47 Å². The summed E-state index contributed by atoms with van der Waals surface area (Å²) in [6.45, 7) is 0. The van der Waals surface area contributed by atoms with Gasteiger partial charge in [-0.15, -0.1) is 0 Å². The van der Waals surface area contributed by atoms with Crippen LogP contribution in [0.2, 0.25) is 0 Å². The van der Waals surface area contributed by atoms with Gasteiger partial charge in [-0.2, -0.15) is 0 Å². The fourth-order valence-corrected chi connectivity index (χ4v) is 1.78. The van der Waals surface area contributed by atoms with E-state index in [1.54, 1.807) is 0 Å². The monoisotopic (exact) mass is 327 g/mol. The Morgan fingerprint density at radius 3 is 2.47 bits per heavy atom. The minimum absolute atomic E-state index is 0.566. The fourth-order valence-electron chi connectivity index (χ4n) is 1.09. The molecule has 1 aromatic heterocycles. The van der Waals surface area contributed by atoms with Crippen LogP contribution in [0.4, 0.5) is 0 Å². The Hall–Kier alpha value is -0.870. The summed E-state index contributed by atoms with van der Waals surface area (Å²) in [4.78, 5) is 4.18. The highest BCUT2D eigenvalue weighted by Gasteiger charge is 2.02. The largest absolute Gasteiger partial charge is 0.438 e. The summed E-state index contributed by atoms with van der Waals surface area (Å²) in [7, 11) is 0. The Bertz CT molecular complexity index is 474. The van der Waals surface area contributed by atoms with Crippen LogP contribution in [0.1, 0.15) is 0 Å². The molecule has 0 spiro atoms. The maximum atomic E-state index is 5.60. The summed E-state index contributed by atoms with van der Waals surface area (Å²) in [5, 5.41) is 0. The fraction of sp³-hybridized carbons (Fsp3) is 0. The first-order chi connectivity index (χ1) is 7.25. The third kappa shape index (κ3) is 2.79. The molecule has 1 aromatic carbocycles. The van der Waals surface area contributed by atoms with E-state index < -0.39 is 0 Å². The number of halogens is 2. The molecule has 0 amide bonds. The van der Waals surface area contributed by atoms with Crippen LogP contribution in [0.15, 0.2) is 51.5 Å². The van der Waals surface area contributed by atoms with Gasteiger partial charge in [-0.05, 0) is 50.1 Å². The second kappa shape index (κ2) is 4.77. The summed E-state index contributed by atoms with van der Waals surface area (Å²) in [6.07, 6.45) is 0. The van der Waals surface area contributed by atoms with Gasteiger partial charge in [-0.1, -0.05) is 18.2 Å². The maximum absolute atomic E-state index is 5.60. The number of pyridine rings is 1. The summed E-state index contributed by atoms with van der Waals surface area (Å²) < 4.78 is 7.27. The first-order valence-electron chi connectivity index (χ1n) is 4.30. The van der Waals surface area contributed by atoms with E-state index in [1.807, 2.05) is 42.5 Å². The molecule has 2 aromatic rings. The lowest BCUT2D eigenvalue weighted by molar-refractivity contribution is 0.459. The van der Waals surface area contributed by atoms with E-state index in [-0.39, 0.29) is 0 Å². The summed E-state index contributed by atoms with van der Waals surface area (Å²) in [6, 6.07) is 13.2. The molecule has 0 aliphatic rings. The SMILES string of the molecule is Brc1cccc(Oc2ccccc2Br)n1. The molecule has 0 aliphatic carbocycles. The summed E-state index contributed by atoms with van der Waals surface area (Å²) >= 11 is 6.70. The smallest absolute Gasteiger partial charge is 0.220 e. The van der Waals surface area contributed by atoms with Gasteiger partial charge in [0, 0.05) is 6.07 Å². The van der Waals surface area contributed by atoms with Gasteiger partial charge in [0.25, 0.3) is 0 Å². The number of para-hydroxylation sites is 1. The predicted molar refractivity (Wildman–Crippen MR) is 66.2 cm³/mol. The zero-order valence-corrected chi connectivity index (χ0v) is 10.8. The number of hydrogen-bond donors (Lipinski definition) is 0. The molecular formula is C11H7Br2NO. The minimum Gasteiger partial charge on any atom is -0.438 e. The average molecular weight is 329 g/mol. The van der Waals surface area contributed by atoms with Crippen molar-refractivity contribution in [2.75, 3.05) is 0 Å². The lowest BCUT2D eigenvalue weighted by Crippen LogP contribution is -1.88. The molecule has 0 N–H and O–H groups in total. The van der Waals surface area contributed by atoms with E-state index in [2.05, 4.69) is 36.8 Å². The van der Waals surface area contributed by atoms with Crippen LogP contribution >= 0.6 is 31.9 Å². The maximum Gasteiger partial charge on any atom is 0.220 e. The zero-order valence-electron chi connectivity index (χ0n) is 7.65. The molecule has 1 heterocycles. The molecule has 15 heavy (non-hydrogen) atoms. The molecule has 0 unspecified atom stereocenters. The van der Waals surface area contributed by atoms with Crippen molar-refractivity contribution in [1.82, 2.24) is 4.98 Å². The topological polar surface area (TPSA) is 22.1 Å². The Morgan fingerprint density at radius 1 is 0.933 bits per heavy atom.